The summed E-state index contributed by atoms with van der Waals surface area (Å²) in [6, 6.07) is 14.8. The lowest BCUT2D eigenvalue weighted by Gasteiger charge is -2.06. The van der Waals surface area contributed by atoms with Gasteiger partial charge in [0, 0.05) is 12.3 Å². The Morgan fingerprint density at radius 3 is 2.68 bits per heavy atom. The average molecular weight is 317 g/mol. The summed E-state index contributed by atoms with van der Waals surface area (Å²) in [5.74, 6) is 1.06. The van der Waals surface area contributed by atoms with Crippen molar-refractivity contribution in [1.29, 1.82) is 0 Å². The molecule has 0 bridgehead atoms. The van der Waals surface area contributed by atoms with Gasteiger partial charge in [-0.15, -0.1) is 11.8 Å². The molecule has 0 aliphatic carbocycles. The lowest BCUT2D eigenvalue weighted by Crippen LogP contribution is -2.27. The van der Waals surface area contributed by atoms with Crippen molar-refractivity contribution >= 4 is 17.7 Å². The predicted octanol–water partition coefficient (Wildman–Crippen LogP) is 3.73. The van der Waals surface area contributed by atoms with Crippen molar-refractivity contribution in [3.63, 3.8) is 0 Å². The fourth-order valence-corrected chi connectivity index (χ4v) is 2.96. The van der Waals surface area contributed by atoms with E-state index in [2.05, 4.69) is 30.4 Å². The molecule has 1 N–H and O–H groups in total. The highest BCUT2D eigenvalue weighted by molar-refractivity contribution is 7.99. The van der Waals surface area contributed by atoms with Crippen molar-refractivity contribution in [2.45, 2.75) is 19.1 Å². The molecule has 0 radical (unpaired) electrons. The van der Waals surface area contributed by atoms with E-state index in [0.29, 0.717) is 18.7 Å². The van der Waals surface area contributed by atoms with E-state index < -0.39 is 0 Å². The number of carbonyl (C=O) groups is 1. The van der Waals surface area contributed by atoms with Crippen LogP contribution in [-0.4, -0.2) is 18.2 Å². The number of hydrogen-bond donors (Lipinski definition) is 1. The molecule has 0 saturated carbocycles. The van der Waals surface area contributed by atoms with Crippen LogP contribution in [0.15, 0.2) is 48.5 Å². The number of benzene rings is 2. The van der Waals surface area contributed by atoms with E-state index in [0.717, 1.165) is 11.3 Å². The fraction of sp³-hybridized carbons (Fsp3) is 0.278. The van der Waals surface area contributed by atoms with Gasteiger partial charge in [-0.3, -0.25) is 4.79 Å². The zero-order valence-corrected chi connectivity index (χ0v) is 13.5. The molecule has 2 aromatic carbocycles. The first-order valence-corrected chi connectivity index (χ1v) is 8.43. The zero-order chi connectivity index (χ0) is 15.8. The van der Waals surface area contributed by atoms with Gasteiger partial charge in [0.15, 0.2) is 0 Å². The third kappa shape index (κ3) is 5.90. The van der Waals surface area contributed by atoms with Crippen LogP contribution in [0.4, 0.5) is 4.39 Å². The van der Waals surface area contributed by atoms with Gasteiger partial charge in [-0.25, -0.2) is 4.39 Å². The fourth-order valence-electron chi connectivity index (χ4n) is 2.15. The van der Waals surface area contributed by atoms with E-state index >= 15 is 0 Å². The van der Waals surface area contributed by atoms with Gasteiger partial charge in [0.05, 0.1) is 5.75 Å². The highest BCUT2D eigenvalue weighted by Crippen LogP contribution is 2.13. The SMILES string of the molecule is Cc1cccc(CSCC(=O)NCCc2cccc(F)c2)c1. The van der Waals surface area contributed by atoms with Crippen molar-refractivity contribution in [1.82, 2.24) is 5.32 Å². The molecule has 0 aromatic heterocycles. The van der Waals surface area contributed by atoms with Crippen LogP contribution < -0.4 is 5.32 Å². The Balaban J connectivity index is 1.64. The smallest absolute Gasteiger partial charge is 0.230 e. The summed E-state index contributed by atoms with van der Waals surface area (Å²) in [5.41, 5.74) is 3.36. The van der Waals surface area contributed by atoms with Crippen LogP contribution in [-0.2, 0) is 17.0 Å². The Bertz CT molecular complexity index is 576. The Hall–Kier alpha value is -1.81. The first kappa shape index (κ1) is 16.6. The molecule has 0 heterocycles. The van der Waals surface area contributed by atoms with Gasteiger partial charge >= 0.3 is 0 Å². The van der Waals surface area contributed by atoms with Crippen molar-refractivity contribution < 1.29 is 9.18 Å². The van der Waals surface area contributed by atoms with Gasteiger partial charge in [-0.05, 0) is 36.6 Å². The van der Waals surface area contributed by atoms with Gasteiger partial charge < -0.3 is 5.32 Å². The predicted molar refractivity (Wildman–Crippen MR) is 90.5 cm³/mol. The van der Waals surface area contributed by atoms with E-state index in [1.165, 1.54) is 23.3 Å². The molecule has 2 nitrogen and oxygen atoms in total. The number of amides is 1. The lowest BCUT2D eigenvalue weighted by molar-refractivity contribution is -0.118. The second kappa shape index (κ2) is 8.59. The summed E-state index contributed by atoms with van der Waals surface area (Å²) in [7, 11) is 0. The van der Waals surface area contributed by atoms with Crippen LogP contribution in [0, 0.1) is 12.7 Å². The second-order valence-corrected chi connectivity index (χ2v) is 6.20. The molecule has 0 atom stereocenters. The Morgan fingerprint density at radius 1 is 1.14 bits per heavy atom. The molecule has 2 rings (SSSR count). The molecule has 0 saturated heterocycles. The van der Waals surface area contributed by atoms with E-state index in [9.17, 15) is 9.18 Å². The molecule has 2 aromatic rings. The molecule has 22 heavy (non-hydrogen) atoms. The van der Waals surface area contributed by atoms with Crippen LogP contribution in [0.5, 0.6) is 0 Å². The monoisotopic (exact) mass is 317 g/mol. The third-order valence-electron chi connectivity index (χ3n) is 3.21. The number of hydrogen-bond acceptors (Lipinski definition) is 2. The number of nitrogens with one attached hydrogen (secondary N) is 1. The van der Waals surface area contributed by atoms with E-state index in [-0.39, 0.29) is 11.7 Å². The number of rotatable bonds is 7. The Morgan fingerprint density at radius 2 is 1.91 bits per heavy atom. The normalized spacial score (nSPS) is 10.5. The molecule has 0 aliphatic heterocycles. The summed E-state index contributed by atoms with van der Waals surface area (Å²) in [4.78, 5) is 11.8. The number of thioether (sulfide) groups is 1. The molecular formula is C18H20FNOS. The maximum Gasteiger partial charge on any atom is 0.230 e. The molecule has 1 amide bonds. The minimum absolute atomic E-state index is 0.0223. The summed E-state index contributed by atoms with van der Waals surface area (Å²) in [6.45, 7) is 2.60. The first-order chi connectivity index (χ1) is 10.6. The van der Waals surface area contributed by atoms with Gasteiger partial charge in [0.25, 0.3) is 0 Å². The van der Waals surface area contributed by atoms with Crippen molar-refractivity contribution in [2.24, 2.45) is 0 Å². The van der Waals surface area contributed by atoms with E-state index in [1.54, 1.807) is 17.8 Å². The summed E-state index contributed by atoms with van der Waals surface area (Å²) < 4.78 is 13.0. The summed E-state index contributed by atoms with van der Waals surface area (Å²) >= 11 is 1.60. The number of aryl methyl sites for hydroxylation is 1. The van der Waals surface area contributed by atoms with Crippen molar-refractivity contribution in [2.75, 3.05) is 12.3 Å². The maximum absolute atomic E-state index is 13.0. The Labute approximate surface area is 135 Å². The Kier molecular flexibility index (Phi) is 6.46. The van der Waals surface area contributed by atoms with E-state index in [1.807, 2.05) is 12.1 Å². The molecule has 0 unspecified atom stereocenters. The summed E-state index contributed by atoms with van der Waals surface area (Å²) in [6.07, 6.45) is 0.645. The molecular weight excluding hydrogens is 297 g/mol. The standard InChI is InChI=1S/C18H20FNOS/c1-14-4-2-6-16(10-14)12-22-13-18(21)20-9-8-15-5-3-7-17(19)11-15/h2-7,10-11H,8-9,12-13H2,1H3,(H,20,21). The quantitative estimate of drug-likeness (QED) is 0.843. The van der Waals surface area contributed by atoms with E-state index in [4.69, 9.17) is 0 Å². The third-order valence-corrected chi connectivity index (χ3v) is 4.21. The highest BCUT2D eigenvalue weighted by atomic mass is 32.2. The minimum atomic E-state index is -0.238. The molecule has 4 heteroatoms. The van der Waals surface area contributed by atoms with Gasteiger partial charge in [-0.1, -0.05) is 42.0 Å². The molecule has 0 aliphatic rings. The summed E-state index contributed by atoms with van der Waals surface area (Å²) in [5, 5.41) is 2.87. The second-order valence-electron chi connectivity index (χ2n) is 5.21. The van der Waals surface area contributed by atoms with Crippen LogP contribution in [0.2, 0.25) is 0 Å². The first-order valence-electron chi connectivity index (χ1n) is 7.28. The van der Waals surface area contributed by atoms with Crippen LogP contribution in [0.25, 0.3) is 0 Å². The molecule has 116 valence electrons. The minimum Gasteiger partial charge on any atom is -0.355 e. The topological polar surface area (TPSA) is 29.1 Å². The highest BCUT2D eigenvalue weighted by Gasteiger charge is 2.02. The maximum atomic E-state index is 13.0. The largest absolute Gasteiger partial charge is 0.355 e. The van der Waals surface area contributed by atoms with Gasteiger partial charge in [0.2, 0.25) is 5.91 Å². The number of halogens is 1. The van der Waals surface area contributed by atoms with Crippen LogP contribution >= 0.6 is 11.8 Å². The lowest BCUT2D eigenvalue weighted by atomic mass is 10.1. The van der Waals surface area contributed by atoms with Crippen molar-refractivity contribution in [3.05, 3.63) is 71.0 Å². The van der Waals surface area contributed by atoms with Gasteiger partial charge in [-0.2, -0.15) is 0 Å². The van der Waals surface area contributed by atoms with Gasteiger partial charge in [0.1, 0.15) is 5.82 Å². The molecule has 0 spiro atoms. The average Bonchev–Trinajstić information content (AvgIpc) is 2.47. The number of carbonyl (C=O) groups excluding carboxylic acids is 1. The zero-order valence-electron chi connectivity index (χ0n) is 12.6. The molecule has 0 fully saturated rings. The van der Waals surface area contributed by atoms with Crippen molar-refractivity contribution in [3.8, 4) is 0 Å². The van der Waals surface area contributed by atoms with Crippen LogP contribution in [0.1, 0.15) is 16.7 Å². The van der Waals surface area contributed by atoms with Crippen LogP contribution in [0.3, 0.4) is 0 Å².